The van der Waals surface area contributed by atoms with Crippen molar-refractivity contribution in [2.24, 2.45) is 22.7 Å². The maximum Gasteiger partial charge on any atom is 0.138 e. The van der Waals surface area contributed by atoms with E-state index in [4.69, 9.17) is 4.74 Å². The number of hydrogen-bond acceptors (Lipinski definition) is 2. The summed E-state index contributed by atoms with van der Waals surface area (Å²) >= 11 is 0. The first-order valence-corrected chi connectivity index (χ1v) is 8.94. The van der Waals surface area contributed by atoms with Crippen LogP contribution in [0.5, 0.6) is 0 Å². The average molecular weight is 304 g/mol. The van der Waals surface area contributed by atoms with Gasteiger partial charge in [0.05, 0.1) is 11.2 Å². The molecule has 3 fully saturated rings. The number of fused-ring (bicyclic) bond motifs is 3. The molecule has 1 aliphatic heterocycles. The van der Waals surface area contributed by atoms with Gasteiger partial charge >= 0.3 is 0 Å². The second kappa shape index (κ2) is 4.69. The molecular weight excluding hydrogens is 272 g/mol. The summed E-state index contributed by atoms with van der Waals surface area (Å²) < 4.78 is 6.62. The van der Waals surface area contributed by atoms with Crippen molar-refractivity contribution in [3.8, 4) is 0 Å². The van der Waals surface area contributed by atoms with Crippen LogP contribution in [0.2, 0.25) is 0 Å². The molecule has 0 unspecified atom stereocenters. The number of ketones is 1. The van der Waals surface area contributed by atoms with Crippen molar-refractivity contribution >= 4 is 5.78 Å². The standard InChI is InChI=1S/C20H32O2/c1-7-18(4)11-8-15-19(5)12-10-16(21)17(2,3)14(19)9-13-20(15,6)22-18/h7,14-15H,1,8-13H2,2-6H3/t14-,15+,18-,19+,20-/m1/s1. The fourth-order valence-electron chi connectivity index (χ4n) is 6.22. The molecule has 0 aromatic heterocycles. The Kier molecular flexibility index (Phi) is 3.46. The van der Waals surface area contributed by atoms with E-state index in [-0.39, 0.29) is 22.0 Å². The SMILES string of the molecule is C=C[C@]1(C)CC[C@H]2[C@@]3(C)CCC(=O)C(C)(C)[C@H]3CC[C@@]2(C)O1. The molecule has 0 bridgehead atoms. The molecule has 2 saturated carbocycles. The van der Waals surface area contributed by atoms with Gasteiger partial charge in [0.15, 0.2) is 0 Å². The van der Waals surface area contributed by atoms with Crippen LogP contribution in [0.1, 0.15) is 73.1 Å². The summed E-state index contributed by atoms with van der Waals surface area (Å²) in [6.07, 6.45) is 8.17. The van der Waals surface area contributed by atoms with E-state index in [2.05, 4.69) is 41.2 Å². The molecule has 0 aromatic carbocycles. The first kappa shape index (κ1) is 16.2. The lowest BCUT2D eigenvalue weighted by Crippen LogP contribution is -2.63. The molecule has 2 heteroatoms. The van der Waals surface area contributed by atoms with E-state index in [0.29, 0.717) is 17.6 Å². The highest BCUT2D eigenvalue weighted by atomic mass is 16.5. The van der Waals surface area contributed by atoms with Crippen LogP contribution in [0.4, 0.5) is 0 Å². The molecule has 0 N–H and O–H groups in total. The zero-order valence-corrected chi connectivity index (χ0v) is 15.0. The van der Waals surface area contributed by atoms with Crippen LogP contribution in [0, 0.1) is 22.7 Å². The Balaban J connectivity index is 1.97. The number of carbonyl (C=O) groups is 1. The van der Waals surface area contributed by atoms with Gasteiger partial charge in [-0.1, -0.05) is 26.8 Å². The largest absolute Gasteiger partial charge is 0.365 e. The molecule has 1 saturated heterocycles. The number of rotatable bonds is 1. The van der Waals surface area contributed by atoms with Gasteiger partial charge in [0.2, 0.25) is 0 Å². The lowest BCUT2D eigenvalue weighted by Gasteiger charge is -2.64. The van der Waals surface area contributed by atoms with E-state index in [1.165, 1.54) is 6.42 Å². The van der Waals surface area contributed by atoms with E-state index >= 15 is 0 Å². The van der Waals surface area contributed by atoms with Crippen molar-refractivity contribution in [1.82, 2.24) is 0 Å². The van der Waals surface area contributed by atoms with Gasteiger partial charge in [-0.15, -0.1) is 6.58 Å². The fourth-order valence-corrected chi connectivity index (χ4v) is 6.22. The predicted molar refractivity (Wildman–Crippen MR) is 89.7 cm³/mol. The molecule has 3 rings (SSSR count). The maximum absolute atomic E-state index is 12.5. The van der Waals surface area contributed by atoms with Gasteiger partial charge in [-0.25, -0.2) is 0 Å². The highest BCUT2D eigenvalue weighted by molar-refractivity contribution is 5.85. The summed E-state index contributed by atoms with van der Waals surface area (Å²) in [5.41, 5.74) is -0.197. The topological polar surface area (TPSA) is 26.3 Å². The third-order valence-electron chi connectivity index (χ3n) is 7.57. The predicted octanol–water partition coefficient (Wildman–Crippen LogP) is 4.92. The third-order valence-corrected chi connectivity index (χ3v) is 7.57. The Labute approximate surface area is 135 Å². The van der Waals surface area contributed by atoms with Crippen LogP contribution in [0.25, 0.3) is 0 Å². The molecule has 0 aromatic rings. The van der Waals surface area contributed by atoms with Crippen LogP contribution >= 0.6 is 0 Å². The van der Waals surface area contributed by atoms with Crippen LogP contribution in [-0.4, -0.2) is 17.0 Å². The molecule has 1 heterocycles. The summed E-state index contributed by atoms with van der Waals surface area (Å²) in [7, 11) is 0. The number of hydrogen-bond donors (Lipinski definition) is 0. The highest BCUT2D eigenvalue weighted by Crippen LogP contribution is 2.64. The van der Waals surface area contributed by atoms with Crippen LogP contribution < -0.4 is 0 Å². The molecule has 3 aliphatic rings. The first-order chi connectivity index (χ1) is 10.1. The summed E-state index contributed by atoms with van der Waals surface area (Å²) in [4.78, 5) is 12.5. The van der Waals surface area contributed by atoms with Gasteiger partial charge in [-0.2, -0.15) is 0 Å². The fraction of sp³-hybridized carbons (Fsp3) is 0.850. The quantitative estimate of drug-likeness (QED) is 0.643. The maximum atomic E-state index is 12.5. The molecule has 124 valence electrons. The van der Waals surface area contributed by atoms with Crippen molar-refractivity contribution in [1.29, 1.82) is 0 Å². The van der Waals surface area contributed by atoms with Crippen molar-refractivity contribution in [2.45, 2.75) is 84.3 Å². The van der Waals surface area contributed by atoms with Crippen molar-refractivity contribution in [2.75, 3.05) is 0 Å². The minimum absolute atomic E-state index is 0.0666. The van der Waals surface area contributed by atoms with Gasteiger partial charge in [0, 0.05) is 11.8 Å². The van der Waals surface area contributed by atoms with Crippen molar-refractivity contribution in [3.63, 3.8) is 0 Å². The Bertz CT molecular complexity index is 508. The molecule has 5 atom stereocenters. The van der Waals surface area contributed by atoms with E-state index in [1.807, 2.05) is 6.08 Å². The van der Waals surface area contributed by atoms with Gasteiger partial charge in [0.1, 0.15) is 5.78 Å². The van der Waals surface area contributed by atoms with Gasteiger partial charge in [0.25, 0.3) is 0 Å². The van der Waals surface area contributed by atoms with Gasteiger partial charge in [-0.05, 0) is 63.2 Å². The monoisotopic (exact) mass is 304 g/mol. The second-order valence-corrected chi connectivity index (χ2v) is 9.26. The Morgan fingerprint density at radius 1 is 1.05 bits per heavy atom. The van der Waals surface area contributed by atoms with Gasteiger partial charge in [-0.3, -0.25) is 4.79 Å². The minimum Gasteiger partial charge on any atom is -0.365 e. The van der Waals surface area contributed by atoms with Crippen molar-refractivity contribution < 1.29 is 9.53 Å². The number of ether oxygens (including phenoxy) is 1. The summed E-state index contributed by atoms with van der Waals surface area (Å²) in [6, 6.07) is 0. The molecule has 0 spiro atoms. The Morgan fingerprint density at radius 2 is 1.68 bits per heavy atom. The lowest BCUT2D eigenvalue weighted by molar-refractivity contribution is -0.250. The average Bonchev–Trinajstić information content (AvgIpc) is 2.42. The van der Waals surface area contributed by atoms with Crippen LogP contribution in [-0.2, 0) is 9.53 Å². The molecular formula is C20H32O2. The summed E-state index contributed by atoms with van der Waals surface area (Å²) in [5.74, 6) is 1.52. The summed E-state index contributed by atoms with van der Waals surface area (Å²) in [5, 5.41) is 0. The zero-order chi connectivity index (χ0) is 16.4. The van der Waals surface area contributed by atoms with E-state index in [9.17, 15) is 4.79 Å². The Morgan fingerprint density at radius 3 is 2.32 bits per heavy atom. The second-order valence-electron chi connectivity index (χ2n) is 9.26. The number of Topliss-reactive ketones (excluding diaryl/α,β-unsaturated/α-hetero) is 1. The van der Waals surface area contributed by atoms with E-state index in [0.717, 1.165) is 32.1 Å². The molecule has 2 nitrogen and oxygen atoms in total. The number of carbonyl (C=O) groups excluding carboxylic acids is 1. The smallest absolute Gasteiger partial charge is 0.138 e. The molecule has 0 amide bonds. The zero-order valence-electron chi connectivity index (χ0n) is 15.0. The molecule has 2 aliphatic carbocycles. The molecule has 0 radical (unpaired) electrons. The van der Waals surface area contributed by atoms with Crippen molar-refractivity contribution in [3.05, 3.63) is 12.7 Å². The van der Waals surface area contributed by atoms with Crippen LogP contribution in [0.15, 0.2) is 12.7 Å². The minimum atomic E-state index is -0.186. The lowest BCUT2D eigenvalue weighted by atomic mass is 9.44. The van der Waals surface area contributed by atoms with E-state index in [1.54, 1.807) is 0 Å². The normalized spacial score (nSPS) is 50.9. The molecule has 22 heavy (non-hydrogen) atoms. The van der Waals surface area contributed by atoms with Gasteiger partial charge < -0.3 is 4.74 Å². The van der Waals surface area contributed by atoms with Crippen LogP contribution in [0.3, 0.4) is 0 Å². The highest BCUT2D eigenvalue weighted by Gasteiger charge is 2.62. The Hall–Kier alpha value is -0.630. The van der Waals surface area contributed by atoms with E-state index < -0.39 is 0 Å². The first-order valence-electron chi connectivity index (χ1n) is 8.94. The summed E-state index contributed by atoms with van der Waals surface area (Å²) in [6.45, 7) is 15.3. The third kappa shape index (κ3) is 2.06.